The van der Waals surface area contributed by atoms with Gasteiger partial charge in [-0.2, -0.15) is 5.26 Å². The molecule has 1 saturated heterocycles. The van der Waals surface area contributed by atoms with Crippen LogP contribution in [-0.4, -0.2) is 80.8 Å². The summed E-state index contributed by atoms with van der Waals surface area (Å²) < 4.78 is 18.1. The monoisotopic (exact) mass is 505 g/mol. The maximum absolute atomic E-state index is 13.6. The fraction of sp³-hybridized carbons (Fsp3) is 0.483. The van der Waals surface area contributed by atoms with Crippen LogP contribution in [0, 0.1) is 11.3 Å². The first-order chi connectivity index (χ1) is 17.9. The third-order valence-electron chi connectivity index (χ3n) is 7.35. The molecule has 196 valence electrons. The largest absolute Gasteiger partial charge is 0.490 e. The Morgan fingerprint density at radius 2 is 1.81 bits per heavy atom. The van der Waals surface area contributed by atoms with Gasteiger partial charge in [0.15, 0.2) is 0 Å². The van der Waals surface area contributed by atoms with Crippen LogP contribution in [-0.2, 0) is 14.3 Å². The lowest BCUT2D eigenvalue weighted by molar-refractivity contribution is -0.145. The predicted octanol–water partition coefficient (Wildman–Crippen LogP) is 3.61. The molecular formula is C29H35N3O5. The SMILES string of the molecule is CO[C@H]1CC[C@H]2CCN(C)C(=O)C[C@@H](c3ccccc3)CN(C)C(=O)c3cc(C#N)ccc3OC[C@H]1O2. The number of ether oxygens (including phenoxy) is 3. The first-order valence-electron chi connectivity index (χ1n) is 12.8. The third kappa shape index (κ3) is 6.48. The maximum Gasteiger partial charge on any atom is 0.257 e. The van der Waals surface area contributed by atoms with E-state index in [4.69, 9.17) is 14.2 Å². The summed E-state index contributed by atoms with van der Waals surface area (Å²) in [6, 6.07) is 16.8. The Balaban J connectivity index is 1.68. The number of carbonyl (C=O) groups excluding carboxylic acids is 2. The zero-order chi connectivity index (χ0) is 26.4. The highest BCUT2D eigenvalue weighted by Crippen LogP contribution is 2.29. The van der Waals surface area contributed by atoms with E-state index in [-0.39, 0.29) is 49.1 Å². The second-order valence-electron chi connectivity index (χ2n) is 9.88. The fourth-order valence-electron chi connectivity index (χ4n) is 5.09. The Bertz CT molecular complexity index is 1130. The van der Waals surface area contributed by atoms with E-state index < -0.39 is 0 Å². The molecule has 2 aromatic carbocycles. The molecule has 0 radical (unpaired) electrons. The zero-order valence-electron chi connectivity index (χ0n) is 21.8. The highest BCUT2D eigenvalue weighted by atomic mass is 16.6. The molecule has 0 spiro atoms. The summed E-state index contributed by atoms with van der Waals surface area (Å²) in [5.74, 6) is -0.0269. The van der Waals surface area contributed by atoms with Gasteiger partial charge < -0.3 is 24.0 Å². The van der Waals surface area contributed by atoms with Crippen molar-refractivity contribution in [3.05, 3.63) is 65.2 Å². The number of benzene rings is 2. The van der Waals surface area contributed by atoms with E-state index >= 15 is 0 Å². The van der Waals surface area contributed by atoms with Gasteiger partial charge in [-0.3, -0.25) is 9.59 Å². The summed E-state index contributed by atoms with van der Waals surface area (Å²) in [6.07, 6.45) is 2.23. The van der Waals surface area contributed by atoms with Gasteiger partial charge in [0.2, 0.25) is 5.91 Å². The Morgan fingerprint density at radius 1 is 1.03 bits per heavy atom. The molecule has 2 bridgehead atoms. The van der Waals surface area contributed by atoms with Crippen molar-refractivity contribution in [1.82, 2.24) is 9.80 Å². The highest BCUT2D eigenvalue weighted by Gasteiger charge is 2.33. The third-order valence-corrected chi connectivity index (χ3v) is 7.35. The van der Waals surface area contributed by atoms with Gasteiger partial charge in [-0.05, 0) is 43.0 Å². The van der Waals surface area contributed by atoms with Crippen LogP contribution in [0.15, 0.2) is 48.5 Å². The van der Waals surface area contributed by atoms with Crippen molar-refractivity contribution in [1.29, 1.82) is 5.26 Å². The lowest BCUT2D eigenvalue weighted by atomic mass is 9.94. The van der Waals surface area contributed by atoms with Gasteiger partial charge in [-0.15, -0.1) is 0 Å². The van der Waals surface area contributed by atoms with Gasteiger partial charge in [-0.25, -0.2) is 0 Å². The summed E-state index contributed by atoms with van der Waals surface area (Å²) in [7, 11) is 5.20. The molecule has 2 aliphatic rings. The smallest absolute Gasteiger partial charge is 0.257 e. The first-order valence-corrected chi connectivity index (χ1v) is 12.8. The molecule has 8 heteroatoms. The highest BCUT2D eigenvalue weighted by molar-refractivity contribution is 5.97. The van der Waals surface area contributed by atoms with Crippen molar-refractivity contribution in [2.45, 2.75) is 49.9 Å². The number of amides is 2. The van der Waals surface area contributed by atoms with E-state index in [0.717, 1.165) is 24.8 Å². The van der Waals surface area contributed by atoms with Crippen LogP contribution < -0.4 is 4.74 Å². The number of likely N-dealkylation sites (N-methyl/N-ethyl adjacent to an activating group) is 1. The summed E-state index contributed by atoms with van der Waals surface area (Å²) in [6.45, 7) is 1.15. The molecule has 0 N–H and O–H groups in total. The van der Waals surface area contributed by atoms with Crippen molar-refractivity contribution in [2.75, 3.05) is 40.9 Å². The molecule has 1 fully saturated rings. The standard InChI is InChI=1S/C29H35N3O5/c1-31-14-13-23-10-12-26(35-3)27(37-23)19-36-25-11-9-20(17-30)15-24(25)29(34)32(2)18-22(16-28(31)33)21-7-5-4-6-8-21/h4-9,11,15,22-23,26-27H,10,12-14,16,18-19H2,1-3H3/t22-,23+,26+,27-/m1/s1. The van der Waals surface area contributed by atoms with E-state index in [2.05, 4.69) is 6.07 Å². The van der Waals surface area contributed by atoms with Crippen molar-refractivity contribution in [3.8, 4) is 11.8 Å². The number of nitriles is 1. The minimum atomic E-state index is -0.309. The molecule has 2 aliphatic heterocycles. The predicted molar refractivity (Wildman–Crippen MR) is 138 cm³/mol. The van der Waals surface area contributed by atoms with Gasteiger partial charge in [-0.1, -0.05) is 30.3 Å². The number of nitrogens with zero attached hydrogens (tertiary/aromatic N) is 3. The minimum Gasteiger partial charge on any atom is -0.490 e. The van der Waals surface area contributed by atoms with Crippen molar-refractivity contribution < 1.29 is 23.8 Å². The van der Waals surface area contributed by atoms with Crippen LogP contribution in [0.2, 0.25) is 0 Å². The van der Waals surface area contributed by atoms with E-state index in [0.29, 0.717) is 30.0 Å². The normalized spacial score (nSPS) is 25.7. The van der Waals surface area contributed by atoms with Gasteiger partial charge in [0, 0.05) is 46.6 Å². The van der Waals surface area contributed by atoms with E-state index in [1.807, 2.05) is 37.4 Å². The Hall–Kier alpha value is -3.41. The van der Waals surface area contributed by atoms with Crippen LogP contribution in [0.3, 0.4) is 0 Å². The second-order valence-corrected chi connectivity index (χ2v) is 9.88. The van der Waals surface area contributed by atoms with Crippen LogP contribution in [0.1, 0.15) is 53.1 Å². The van der Waals surface area contributed by atoms with Crippen LogP contribution in [0.4, 0.5) is 0 Å². The Morgan fingerprint density at radius 3 is 2.54 bits per heavy atom. The molecule has 37 heavy (non-hydrogen) atoms. The average molecular weight is 506 g/mol. The molecule has 2 aromatic rings. The topological polar surface area (TPSA) is 92.1 Å². The van der Waals surface area contributed by atoms with Crippen LogP contribution >= 0.6 is 0 Å². The number of methoxy groups -OCH3 is 1. The van der Waals surface area contributed by atoms with E-state index in [1.165, 1.54) is 0 Å². The lowest BCUT2D eigenvalue weighted by Crippen LogP contribution is -2.44. The van der Waals surface area contributed by atoms with Gasteiger partial charge in [0.1, 0.15) is 18.5 Å². The minimum absolute atomic E-state index is 0.0127. The number of hydrogen-bond acceptors (Lipinski definition) is 6. The molecule has 0 unspecified atom stereocenters. The first kappa shape index (κ1) is 26.6. The molecule has 0 aliphatic carbocycles. The van der Waals surface area contributed by atoms with Crippen molar-refractivity contribution in [2.24, 2.45) is 0 Å². The number of fused-ring (bicyclic) bond motifs is 3. The van der Waals surface area contributed by atoms with E-state index in [9.17, 15) is 14.9 Å². The van der Waals surface area contributed by atoms with Crippen LogP contribution in [0.25, 0.3) is 0 Å². The molecule has 8 nitrogen and oxygen atoms in total. The number of hydrogen-bond donors (Lipinski definition) is 0. The quantitative estimate of drug-likeness (QED) is 0.619. The summed E-state index contributed by atoms with van der Waals surface area (Å²) in [4.78, 5) is 30.2. The molecule has 0 aromatic heterocycles. The summed E-state index contributed by atoms with van der Waals surface area (Å²) in [5, 5.41) is 9.46. The Kier molecular flexibility index (Phi) is 8.80. The molecule has 0 saturated carbocycles. The molecule has 2 amide bonds. The zero-order valence-corrected chi connectivity index (χ0v) is 21.8. The van der Waals surface area contributed by atoms with Gasteiger partial charge in [0.25, 0.3) is 5.91 Å². The van der Waals surface area contributed by atoms with Crippen LogP contribution in [0.5, 0.6) is 5.75 Å². The van der Waals surface area contributed by atoms with Gasteiger partial charge in [0.05, 0.1) is 29.4 Å². The maximum atomic E-state index is 13.6. The second kappa shape index (κ2) is 12.2. The van der Waals surface area contributed by atoms with E-state index in [1.54, 1.807) is 42.2 Å². The fourth-order valence-corrected chi connectivity index (χ4v) is 5.09. The summed E-state index contributed by atoms with van der Waals surface area (Å²) >= 11 is 0. The average Bonchev–Trinajstić information content (AvgIpc) is 2.93. The molecule has 4 atom stereocenters. The molecular weight excluding hydrogens is 470 g/mol. The Labute approximate surface area is 218 Å². The molecule has 4 rings (SSSR count). The van der Waals surface area contributed by atoms with Crippen molar-refractivity contribution >= 4 is 11.8 Å². The lowest BCUT2D eigenvalue weighted by Gasteiger charge is -2.36. The molecule has 2 heterocycles. The summed E-state index contributed by atoms with van der Waals surface area (Å²) in [5.41, 5.74) is 1.68. The van der Waals surface area contributed by atoms with Crippen molar-refractivity contribution in [3.63, 3.8) is 0 Å². The number of carbonyl (C=O) groups is 2. The number of rotatable bonds is 2. The van der Waals surface area contributed by atoms with Gasteiger partial charge >= 0.3 is 0 Å².